The number of hydrogen-bond donors (Lipinski definition) is 2. The molecule has 0 unspecified atom stereocenters. The number of benzene rings is 1. The van der Waals surface area contributed by atoms with Gasteiger partial charge in [0.25, 0.3) is 0 Å². The van der Waals surface area contributed by atoms with Gasteiger partial charge in [-0.25, -0.2) is 13.4 Å². The van der Waals surface area contributed by atoms with Crippen LogP contribution in [0.4, 0.5) is 30.8 Å². The highest BCUT2D eigenvalue weighted by atomic mass is 32.2. The first-order valence-electron chi connectivity index (χ1n) is 15.2. The van der Waals surface area contributed by atoms with Gasteiger partial charge in [0.1, 0.15) is 21.4 Å². The molecule has 0 spiro atoms. The van der Waals surface area contributed by atoms with E-state index in [9.17, 15) is 26.4 Å². The van der Waals surface area contributed by atoms with E-state index in [0.717, 1.165) is 56.4 Å². The number of halogens is 3. The summed E-state index contributed by atoms with van der Waals surface area (Å²) < 4.78 is 63.3. The monoisotopic (exact) mass is 632 g/mol. The molecule has 9 nitrogen and oxygen atoms in total. The van der Waals surface area contributed by atoms with E-state index in [-0.39, 0.29) is 36.5 Å². The summed E-state index contributed by atoms with van der Waals surface area (Å²) in [5.41, 5.74) is 0.719. The Hall–Kier alpha value is -3.48. The molecule has 238 valence electrons. The fraction of sp³-hybridized carbons (Fsp3) is 0.548. The van der Waals surface area contributed by atoms with Gasteiger partial charge in [0.15, 0.2) is 5.82 Å². The summed E-state index contributed by atoms with van der Waals surface area (Å²) in [7, 11) is -3.24. The van der Waals surface area contributed by atoms with Crippen molar-refractivity contribution in [3.8, 4) is 0 Å². The summed E-state index contributed by atoms with van der Waals surface area (Å²) in [5, 5.41) is 10.8. The Labute approximate surface area is 256 Å². The quantitative estimate of drug-likeness (QED) is 0.241. The standard InChI is InChI=1S/C31H39F3N6O3S/c1-44(42,43)16-15-40(30-35-14-13-28(37-30)36-29-20-27(38-39-29)23-6-2-3-7-23)25-11-9-21(10-12-25)18-26(41)19-22-5-4-8-24(17-22)31(32,33)34/h4-5,8,13-14,17,20-21,23,25H,2-3,6-7,9-12,15-16,18-19H2,1H3,(H2,35,36,37,38,39). The Morgan fingerprint density at radius 2 is 1.80 bits per heavy atom. The molecule has 2 aliphatic carbocycles. The van der Waals surface area contributed by atoms with Crippen molar-refractivity contribution in [3.05, 3.63) is 59.4 Å². The van der Waals surface area contributed by atoms with Crippen molar-refractivity contribution in [1.29, 1.82) is 0 Å². The number of ketones is 1. The topological polar surface area (TPSA) is 121 Å². The third kappa shape index (κ3) is 8.80. The highest BCUT2D eigenvalue weighted by Crippen LogP contribution is 2.35. The van der Waals surface area contributed by atoms with Gasteiger partial charge in [0.2, 0.25) is 5.95 Å². The number of aromatic amines is 1. The number of nitrogens with one attached hydrogen (secondary N) is 2. The van der Waals surface area contributed by atoms with E-state index in [0.29, 0.717) is 35.5 Å². The number of nitrogens with zero attached hydrogens (tertiary/aromatic N) is 4. The summed E-state index contributed by atoms with van der Waals surface area (Å²) in [6.45, 7) is 0.236. The Bertz CT molecular complexity index is 1530. The van der Waals surface area contributed by atoms with E-state index in [1.807, 2.05) is 11.0 Å². The average Bonchev–Trinajstić information content (AvgIpc) is 3.66. The second kappa shape index (κ2) is 13.7. The van der Waals surface area contributed by atoms with Gasteiger partial charge in [-0.1, -0.05) is 31.0 Å². The van der Waals surface area contributed by atoms with Crippen LogP contribution in [0.3, 0.4) is 0 Å². The third-order valence-corrected chi connectivity index (χ3v) is 9.60. The summed E-state index contributed by atoms with van der Waals surface area (Å²) in [6, 6.07) is 8.66. The number of Topliss-reactive ketones (excluding diaryl/α,β-unsaturated/α-hetero) is 1. The lowest BCUT2D eigenvalue weighted by Crippen LogP contribution is -2.42. The summed E-state index contributed by atoms with van der Waals surface area (Å²) >= 11 is 0. The minimum atomic E-state index is -4.45. The second-order valence-electron chi connectivity index (χ2n) is 12.2. The molecule has 2 saturated carbocycles. The first-order valence-corrected chi connectivity index (χ1v) is 17.3. The lowest BCUT2D eigenvalue weighted by Gasteiger charge is -2.37. The number of rotatable bonds is 12. The van der Waals surface area contributed by atoms with Crippen LogP contribution in [0.15, 0.2) is 42.6 Å². The first-order chi connectivity index (χ1) is 20.9. The molecule has 2 aliphatic rings. The Morgan fingerprint density at radius 3 is 2.50 bits per heavy atom. The van der Waals surface area contributed by atoms with Gasteiger partial charge < -0.3 is 10.2 Å². The maximum atomic E-state index is 13.1. The predicted molar refractivity (Wildman–Crippen MR) is 163 cm³/mol. The number of hydrogen-bond acceptors (Lipinski definition) is 8. The van der Waals surface area contributed by atoms with Crippen molar-refractivity contribution in [2.24, 2.45) is 5.92 Å². The molecular formula is C31H39F3N6O3S. The second-order valence-corrected chi connectivity index (χ2v) is 14.4. The van der Waals surface area contributed by atoms with Crippen molar-refractivity contribution in [2.75, 3.05) is 28.8 Å². The highest BCUT2D eigenvalue weighted by Gasteiger charge is 2.31. The Morgan fingerprint density at radius 1 is 1.05 bits per heavy atom. The molecule has 44 heavy (non-hydrogen) atoms. The zero-order valence-electron chi connectivity index (χ0n) is 24.8. The molecule has 2 aromatic heterocycles. The van der Waals surface area contributed by atoms with Gasteiger partial charge in [0.05, 0.1) is 11.3 Å². The molecule has 0 atom stereocenters. The fourth-order valence-electron chi connectivity index (χ4n) is 6.38. The Kier molecular flexibility index (Phi) is 9.91. The van der Waals surface area contributed by atoms with Crippen LogP contribution in [0.2, 0.25) is 0 Å². The van der Waals surface area contributed by atoms with Crippen LogP contribution < -0.4 is 10.2 Å². The van der Waals surface area contributed by atoms with Crippen molar-refractivity contribution in [1.82, 2.24) is 20.2 Å². The molecule has 13 heteroatoms. The number of aromatic nitrogens is 4. The van der Waals surface area contributed by atoms with E-state index in [2.05, 4.69) is 20.5 Å². The fourth-order valence-corrected chi connectivity index (χ4v) is 6.91. The van der Waals surface area contributed by atoms with Gasteiger partial charge >= 0.3 is 6.18 Å². The largest absolute Gasteiger partial charge is 0.416 e. The summed E-state index contributed by atoms with van der Waals surface area (Å²) in [6.07, 6.45) is 6.34. The minimum absolute atomic E-state index is 0.0128. The van der Waals surface area contributed by atoms with E-state index >= 15 is 0 Å². The van der Waals surface area contributed by atoms with Crippen molar-refractivity contribution in [3.63, 3.8) is 0 Å². The lowest BCUT2D eigenvalue weighted by molar-refractivity contribution is -0.137. The van der Waals surface area contributed by atoms with Crippen LogP contribution in [0.5, 0.6) is 0 Å². The number of carbonyl (C=O) groups excluding carboxylic acids is 1. The molecule has 2 N–H and O–H groups in total. The molecule has 2 fully saturated rings. The number of carbonyl (C=O) groups is 1. The zero-order valence-corrected chi connectivity index (χ0v) is 25.6. The van der Waals surface area contributed by atoms with E-state index < -0.39 is 21.6 Å². The van der Waals surface area contributed by atoms with E-state index in [1.54, 1.807) is 18.3 Å². The highest BCUT2D eigenvalue weighted by molar-refractivity contribution is 7.90. The van der Waals surface area contributed by atoms with Gasteiger partial charge in [-0.2, -0.15) is 23.3 Å². The first kappa shape index (κ1) is 31.9. The van der Waals surface area contributed by atoms with Crippen LogP contribution in [-0.4, -0.2) is 59.0 Å². The smallest absolute Gasteiger partial charge is 0.337 e. The normalized spacial score (nSPS) is 19.6. The molecular weight excluding hydrogens is 593 g/mol. The molecule has 5 rings (SSSR count). The molecule has 0 bridgehead atoms. The molecule has 3 aromatic rings. The number of H-pyrrole nitrogens is 1. The molecule has 0 amide bonds. The molecule has 2 heterocycles. The summed E-state index contributed by atoms with van der Waals surface area (Å²) in [5.74, 6) is 2.12. The van der Waals surface area contributed by atoms with Crippen LogP contribution in [0, 0.1) is 5.92 Å². The zero-order chi connectivity index (χ0) is 31.3. The number of sulfone groups is 1. The minimum Gasteiger partial charge on any atom is -0.337 e. The number of alkyl halides is 3. The lowest BCUT2D eigenvalue weighted by atomic mass is 9.82. The molecule has 0 saturated heterocycles. The summed E-state index contributed by atoms with van der Waals surface area (Å²) in [4.78, 5) is 23.9. The maximum absolute atomic E-state index is 13.1. The predicted octanol–water partition coefficient (Wildman–Crippen LogP) is 6.23. The van der Waals surface area contributed by atoms with Crippen LogP contribution in [0.25, 0.3) is 0 Å². The van der Waals surface area contributed by atoms with E-state index in [1.165, 1.54) is 25.2 Å². The van der Waals surface area contributed by atoms with Crippen molar-refractivity contribution < 1.29 is 26.4 Å². The van der Waals surface area contributed by atoms with Gasteiger partial charge in [-0.3, -0.25) is 9.89 Å². The van der Waals surface area contributed by atoms with Crippen molar-refractivity contribution >= 4 is 33.2 Å². The third-order valence-electron chi connectivity index (χ3n) is 8.68. The van der Waals surface area contributed by atoms with Gasteiger partial charge in [-0.15, -0.1) is 0 Å². The van der Waals surface area contributed by atoms with Gasteiger partial charge in [-0.05, 0) is 62.1 Å². The maximum Gasteiger partial charge on any atom is 0.416 e. The van der Waals surface area contributed by atoms with Crippen molar-refractivity contribution in [2.45, 2.75) is 82.3 Å². The van der Waals surface area contributed by atoms with Gasteiger partial charge in [0, 0.05) is 55.6 Å². The molecule has 0 radical (unpaired) electrons. The SMILES string of the molecule is CS(=O)(=O)CCN(c1nccc(Nc2cc(C3CCCC3)[nH]n2)n1)C1CCC(CC(=O)Cc2cccc(C(F)(F)F)c2)CC1. The molecule has 1 aromatic carbocycles. The van der Waals surface area contributed by atoms with Crippen LogP contribution in [0.1, 0.15) is 80.5 Å². The number of anilines is 3. The average molecular weight is 633 g/mol. The molecule has 0 aliphatic heterocycles. The van der Waals surface area contributed by atoms with Crippen LogP contribution >= 0.6 is 0 Å². The Balaban J connectivity index is 1.21. The van der Waals surface area contributed by atoms with Crippen LogP contribution in [-0.2, 0) is 27.2 Å². The van der Waals surface area contributed by atoms with E-state index in [4.69, 9.17) is 4.98 Å².